The third-order valence-corrected chi connectivity index (χ3v) is 5.20. The highest BCUT2D eigenvalue weighted by Gasteiger charge is 2.54. The number of benzene rings is 1. The fourth-order valence-corrected chi connectivity index (χ4v) is 4.08. The van der Waals surface area contributed by atoms with Crippen LogP contribution < -0.4 is 4.90 Å². The largest absolute Gasteiger partial charge is 0.463 e. The molecule has 0 bridgehead atoms. The molecule has 0 aromatic heterocycles. The Kier molecular flexibility index (Phi) is 7.34. The second-order valence-corrected chi connectivity index (χ2v) is 7.66. The molecule has 1 saturated heterocycles. The standard InChI is InChI=1S/C22H27NO9/c1-12(24)28-11-18-19(29-13(2)25)20(30-14(3)26)21(31-15(4)27)22(32-18)23-10-9-16-7-5-6-8-17(16)23/h5-8,18-22H,9-11H2,1-4H3. The zero-order chi connectivity index (χ0) is 23.4. The first-order chi connectivity index (χ1) is 15.2. The molecular weight excluding hydrogens is 422 g/mol. The predicted octanol–water partition coefficient (Wildman–Crippen LogP) is 1.13. The lowest BCUT2D eigenvalue weighted by atomic mass is 9.96. The van der Waals surface area contributed by atoms with Gasteiger partial charge in [0.25, 0.3) is 0 Å². The number of fused-ring (bicyclic) bond motifs is 1. The Balaban J connectivity index is 2.03. The summed E-state index contributed by atoms with van der Waals surface area (Å²) in [4.78, 5) is 49.0. The number of esters is 4. The molecule has 5 unspecified atom stereocenters. The van der Waals surface area contributed by atoms with E-state index in [4.69, 9.17) is 23.7 Å². The van der Waals surface area contributed by atoms with Crippen LogP contribution in [0.4, 0.5) is 5.69 Å². The molecule has 1 aromatic carbocycles. The van der Waals surface area contributed by atoms with E-state index in [0.29, 0.717) is 6.54 Å². The van der Waals surface area contributed by atoms with Crippen LogP contribution in [0.15, 0.2) is 24.3 Å². The van der Waals surface area contributed by atoms with Gasteiger partial charge in [-0.2, -0.15) is 0 Å². The molecule has 174 valence electrons. The Morgan fingerprint density at radius 3 is 2.09 bits per heavy atom. The van der Waals surface area contributed by atoms with Gasteiger partial charge in [-0.1, -0.05) is 18.2 Å². The normalized spacial score (nSPS) is 26.6. The first-order valence-corrected chi connectivity index (χ1v) is 10.3. The van der Waals surface area contributed by atoms with E-state index in [1.165, 1.54) is 27.7 Å². The summed E-state index contributed by atoms with van der Waals surface area (Å²) in [6.45, 7) is 5.18. The Hall–Kier alpha value is -3.14. The van der Waals surface area contributed by atoms with Crippen molar-refractivity contribution in [3.63, 3.8) is 0 Å². The van der Waals surface area contributed by atoms with Crippen LogP contribution in [0.3, 0.4) is 0 Å². The molecule has 2 heterocycles. The average Bonchev–Trinajstić information content (AvgIpc) is 3.12. The number of ether oxygens (including phenoxy) is 5. The highest BCUT2D eigenvalue weighted by molar-refractivity contribution is 5.69. The number of hydrogen-bond donors (Lipinski definition) is 0. The molecule has 10 nitrogen and oxygen atoms in total. The lowest BCUT2D eigenvalue weighted by Gasteiger charge is -2.47. The van der Waals surface area contributed by atoms with Gasteiger partial charge in [0.2, 0.25) is 0 Å². The number of hydrogen-bond acceptors (Lipinski definition) is 10. The minimum Gasteiger partial charge on any atom is -0.463 e. The number of para-hydroxylation sites is 1. The van der Waals surface area contributed by atoms with Crippen LogP contribution in [-0.2, 0) is 49.3 Å². The van der Waals surface area contributed by atoms with Crippen LogP contribution in [0.25, 0.3) is 0 Å². The summed E-state index contributed by atoms with van der Waals surface area (Å²) in [6.07, 6.45) is -4.53. The molecule has 10 heteroatoms. The van der Waals surface area contributed by atoms with E-state index in [0.717, 1.165) is 17.7 Å². The zero-order valence-electron chi connectivity index (χ0n) is 18.4. The molecule has 0 radical (unpaired) electrons. The van der Waals surface area contributed by atoms with Gasteiger partial charge in [-0.3, -0.25) is 19.2 Å². The molecule has 2 aliphatic rings. The molecule has 0 saturated carbocycles. The average molecular weight is 449 g/mol. The van der Waals surface area contributed by atoms with Crippen molar-refractivity contribution in [1.82, 2.24) is 0 Å². The van der Waals surface area contributed by atoms with Crippen molar-refractivity contribution in [3.05, 3.63) is 29.8 Å². The number of nitrogens with zero attached hydrogens (tertiary/aromatic N) is 1. The fraction of sp³-hybridized carbons (Fsp3) is 0.545. The lowest BCUT2D eigenvalue weighted by Crippen LogP contribution is -2.66. The van der Waals surface area contributed by atoms with Crippen LogP contribution in [0, 0.1) is 0 Å². The molecule has 0 amide bonds. The number of rotatable bonds is 6. The van der Waals surface area contributed by atoms with Crippen molar-refractivity contribution in [2.75, 3.05) is 18.1 Å². The van der Waals surface area contributed by atoms with Crippen molar-refractivity contribution in [3.8, 4) is 0 Å². The van der Waals surface area contributed by atoms with E-state index in [-0.39, 0.29) is 6.61 Å². The molecule has 5 atom stereocenters. The van der Waals surface area contributed by atoms with Crippen molar-refractivity contribution >= 4 is 29.6 Å². The molecule has 0 aliphatic carbocycles. The van der Waals surface area contributed by atoms with Gasteiger partial charge in [0.15, 0.2) is 24.5 Å². The Morgan fingerprint density at radius 2 is 1.47 bits per heavy atom. The van der Waals surface area contributed by atoms with Gasteiger partial charge >= 0.3 is 23.9 Å². The maximum atomic E-state index is 12.0. The summed E-state index contributed by atoms with van der Waals surface area (Å²) in [5, 5.41) is 0. The van der Waals surface area contributed by atoms with Gasteiger partial charge in [-0.25, -0.2) is 0 Å². The highest BCUT2D eigenvalue weighted by atomic mass is 16.7. The van der Waals surface area contributed by atoms with Crippen molar-refractivity contribution < 1.29 is 42.9 Å². The summed E-state index contributed by atoms with van der Waals surface area (Å²) in [7, 11) is 0. The first-order valence-electron chi connectivity index (χ1n) is 10.3. The van der Waals surface area contributed by atoms with Crippen molar-refractivity contribution in [2.24, 2.45) is 0 Å². The summed E-state index contributed by atoms with van der Waals surface area (Å²) < 4.78 is 27.8. The third-order valence-electron chi connectivity index (χ3n) is 5.20. The number of carbonyl (C=O) groups is 4. The molecule has 2 aliphatic heterocycles. The SMILES string of the molecule is CC(=O)OCC1OC(N2CCc3ccccc32)C(OC(C)=O)C(OC(C)=O)C1OC(C)=O. The summed E-state index contributed by atoms with van der Waals surface area (Å²) in [5.41, 5.74) is 1.97. The number of carbonyl (C=O) groups excluding carboxylic acids is 4. The Morgan fingerprint density at radius 1 is 0.875 bits per heavy atom. The van der Waals surface area contributed by atoms with Gasteiger partial charge in [0.05, 0.1) is 0 Å². The summed E-state index contributed by atoms with van der Waals surface area (Å²) >= 11 is 0. The van der Waals surface area contributed by atoms with E-state index in [1.807, 2.05) is 29.2 Å². The first kappa shape index (κ1) is 23.5. The van der Waals surface area contributed by atoms with Gasteiger partial charge in [0.1, 0.15) is 12.7 Å². The second-order valence-electron chi connectivity index (χ2n) is 7.66. The van der Waals surface area contributed by atoms with Crippen LogP contribution in [-0.4, -0.2) is 67.7 Å². The van der Waals surface area contributed by atoms with E-state index in [9.17, 15) is 19.2 Å². The Bertz CT molecular complexity index is 886. The topological polar surface area (TPSA) is 118 Å². The van der Waals surface area contributed by atoms with Crippen LogP contribution >= 0.6 is 0 Å². The maximum Gasteiger partial charge on any atom is 0.303 e. The van der Waals surface area contributed by atoms with E-state index in [1.54, 1.807) is 0 Å². The van der Waals surface area contributed by atoms with E-state index < -0.39 is 54.5 Å². The minimum atomic E-state index is -1.17. The van der Waals surface area contributed by atoms with Gasteiger partial charge in [-0.15, -0.1) is 0 Å². The van der Waals surface area contributed by atoms with E-state index in [2.05, 4.69) is 0 Å². The highest BCUT2D eigenvalue weighted by Crippen LogP contribution is 2.37. The molecule has 0 spiro atoms. The zero-order valence-corrected chi connectivity index (χ0v) is 18.4. The minimum absolute atomic E-state index is 0.246. The second kappa shape index (κ2) is 9.99. The molecule has 1 fully saturated rings. The predicted molar refractivity (Wildman–Crippen MR) is 109 cm³/mol. The number of anilines is 1. The fourth-order valence-electron chi connectivity index (χ4n) is 4.08. The summed E-state index contributed by atoms with van der Waals surface area (Å²) in [6, 6.07) is 7.70. The van der Waals surface area contributed by atoms with Crippen LogP contribution in [0.1, 0.15) is 33.3 Å². The van der Waals surface area contributed by atoms with Gasteiger partial charge in [-0.05, 0) is 18.1 Å². The van der Waals surface area contributed by atoms with Crippen LogP contribution in [0.5, 0.6) is 0 Å². The van der Waals surface area contributed by atoms with Gasteiger partial charge < -0.3 is 28.6 Å². The Labute approximate surface area is 185 Å². The molecule has 32 heavy (non-hydrogen) atoms. The smallest absolute Gasteiger partial charge is 0.303 e. The van der Waals surface area contributed by atoms with E-state index >= 15 is 0 Å². The quantitative estimate of drug-likeness (QED) is 0.462. The van der Waals surface area contributed by atoms with Crippen molar-refractivity contribution in [2.45, 2.75) is 64.8 Å². The molecule has 1 aromatic rings. The third kappa shape index (κ3) is 5.37. The molecule has 0 N–H and O–H groups in total. The van der Waals surface area contributed by atoms with Gasteiger partial charge in [0, 0.05) is 39.9 Å². The molecular formula is C22H27NO9. The van der Waals surface area contributed by atoms with Crippen molar-refractivity contribution in [1.29, 1.82) is 0 Å². The maximum absolute atomic E-state index is 12.0. The van der Waals surface area contributed by atoms with Crippen LogP contribution in [0.2, 0.25) is 0 Å². The summed E-state index contributed by atoms with van der Waals surface area (Å²) in [5.74, 6) is -2.48. The monoisotopic (exact) mass is 449 g/mol. The molecule has 3 rings (SSSR count). The lowest BCUT2D eigenvalue weighted by molar-refractivity contribution is -0.252.